The van der Waals surface area contributed by atoms with Crippen LogP contribution in [0.25, 0.3) is 10.2 Å². The fourth-order valence-electron chi connectivity index (χ4n) is 4.26. The second kappa shape index (κ2) is 8.99. The van der Waals surface area contributed by atoms with E-state index >= 15 is 0 Å². The smallest absolute Gasteiger partial charge is 0.229 e. The highest BCUT2D eigenvalue weighted by atomic mass is 32.1. The van der Waals surface area contributed by atoms with Gasteiger partial charge in [0.25, 0.3) is 0 Å². The van der Waals surface area contributed by atoms with E-state index in [-0.39, 0.29) is 18.2 Å². The summed E-state index contributed by atoms with van der Waals surface area (Å²) in [6.45, 7) is 4.38. The minimum atomic E-state index is -0.391. The van der Waals surface area contributed by atoms with E-state index in [9.17, 15) is 9.59 Å². The van der Waals surface area contributed by atoms with Crippen LogP contribution in [0.15, 0.2) is 42.5 Å². The minimum absolute atomic E-state index is 0.0463. The van der Waals surface area contributed by atoms with Gasteiger partial charge in [0.2, 0.25) is 11.8 Å². The molecule has 0 radical (unpaired) electrons. The molecule has 1 aromatic heterocycles. The van der Waals surface area contributed by atoms with Crippen molar-refractivity contribution in [3.05, 3.63) is 42.5 Å². The number of hydrogen-bond acceptors (Lipinski definition) is 7. The van der Waals surface area contributed by atoms with E-state index in [1.54, 1.807) is 23.3 Å². The van der Waals surface area contributed by atoms with Gasteiger partial charge < -0.3 is 24.8 Å². The van der Waals surface area contributed by atoms with Crippen molar-refractivity contribution in [3.63, 3.8) is 0 Å². The van der Waals surface area contributed by atoms with Crippen LogP contribution in [0.1, 0.15) is 6.42 Å². The number of ether oxygens (including phenoxy) is 1. The van der Waals surface area contributed by atoms with Gasteiger partial charge in [0.1, 0.15) is 5.75 Å². The van der Waals surface area contributed by atoms with Crippen molar-refractivity contribution in [3.8, 4) is 5.75 Å². The number of anilines is 3. The number of rotatable bonds is 5. The fraction of sp³-hybridized carbons (Fsp3) is 0.375. The van der Waals surface area contributed by atoms with Crippen LogP contribution >= 0.6 is 11.3 Å². The lowest BCUT2D eigenvalue weighted by molar-refractivity contribution is -0.122. The first-order valence-electron chi connectivity index (χ1n) is 11.1. The molecule has 0 bridgehead atoms. The third kappa shape index (κ3) is 4.51. The Morgan fingerprint density at radius 2 is 1.88 bits per heavy atom. The maximum atomic E-state index is 12.9. The zero-order valence-corrected chi connectivity index (χ0v) is 19.6. The number of carbonyl (C=O) groups is 2. The molecule has 1 N–H and O–H groups in total. The summed E-state index contributed by atoms with van der Waals surface area (Å²) in [5.41, 5.74) is 2.45. The van der Waals surface area contributed by atoms with Gasteiger partial charge in [-0.2, -0.15) is 0 Å². The Kier molecular flexibility index (Phi) is 5.90. The largest absolute Gasteiger partial charge is 0.497 e. The van der Waals surface area contributed by atoms with Crippen LogP contribution in [0.3, 0.4) is 0 Å². The number of aromatic nitrogens is 1. The summed E-state index contributed by atoms with van der Waals surface area (Å²) in [7, 11) is 3.74. The van der Waals surface area contributed by atoms with Gasteiger partial charge in [-0.05, 0) is 49.5 Å². The number of piperazine rings is 1. The van der Waals surface area contributed by atoms with Gasteiger partial charge in [-0.15, -0.1) is 0 Å². The van der Waals surface area contributed by atoms with Crippen molar-refractivity contribution < 1.29 is 14.3 Å². The molecule has 2 saturated heterocycles. The predicted octanol–water partition coefficient (Wildman–Crippen LogP) is 3.05. The lowest BCUT2D eigenvalue weighted by Crippen LogP contribution is -2.44. The monoisotopic (exact) mass is 465 g/mol. The number of nitrogens with zero attached hydrogens (tertiary/aromatic N) is 4. The molecule has 5 rings (SSSR count). The van der Waals surface area contributed by atoms with Crippen molar-refractivity contribution in [2.75, 3.05) is 62.0 Å². The first-order chi connectivity index (χ1) is 16.0. The average molecular weight is 466 g/mol. The van der Waals surface area contributed by atoms with E-state index in [1.807, 2.05) is 42.5 Å². The minimum Gasteiger partial charge on any atom is -0.497 e. The first-order valence-corrected chi connectivity index (χ1v) is 11.9. The van der Waals surface area contributed by atoms with Crippen LogP contribution in [0.5, 0.6) is 5.75 Å². The molecule has 8 nitrogen and oxygen atoms in total. The standard InChI is InChI=1S/C24H27N5O3S/c1-27-9-11-28(12-10-27)24-26-20-8-3-17(14-21(20)33-24)25-23(31)16-13-22(30)29(15-16)18-4-6-19(32-2)7-5-18/h3-8,14,16H,9-13,15H2,1-2H3,(H,25,31). The second-order valence-corrected chi connectivity index (χ2v) is 9.57. The number of carbonyl (C=O) groups excluding carboxylic acids is 2. The molecule has 3 aromatic rings. The lowest BCUT2D eigenvalue weighted by atomic mass is 10.1. The molecule has 2 aliphatic rings. The molecule has 0 aliphatic carbocycles. The van der Waals surface area contributed by atoms with Gasteiger partial charge in [0.15, 0.2) is 5.13 Å². The molecule has 9 heteroatoms. The molecule has 2 amide bonds. The van der Waals surface area contributed by atoms with Gasteiger partial charge in [0, 0.05) is 50.5 Å². The van der Waals surface area contributed by atoms with Gasteiger partial charge in [-0.25, -0.2) is 4.98 Å². The van der Waals surface area contributed by atoms with Crippen molar-refractivity contribution in [1.82, 2.24) is 9.88 Å². The average Bonchev–Trinajstić information content (AvgIpc) is 3.43. The van der Waals surface area contributed by atoms with E-state index in [0.717, 1.165) is 58.7 Å². The van der Waals surface area contributed by atoms with Crippen LogP contribution in [-0.4, -0.2) is 68.6 Å². The van der Waals surface area contributed by atoms with Crippen molar-refractivity contribution >= 4 is 49.9 Å². The van der Waals surface area contributed by atoms with Crippen LogP contribution in [0.2, 0.25) is 0 Å². The Morgan fingerprint density at radius 1 is 1.12 bits per heavy atom. The van der Waals surface area contributed by atoms with Gasteiger partial charge in [-0.3, -0.25) is 9.59 Å². The maximum Gasteiger partial charge on any atom is 0.229 e. The molecule has 3 heterocycles. The Balaban J connectivity index is 1.25. The summed E-state index contributed by atoms with van der Waals surface area (Å²) < 4.78 is 6.22. The summed E-state index contributed by atoms with van der Waals surface area (Å²) in [6, 6.07) is 13.1. The van der Waals surface area contributed by atoms with Crippen molar-refractivity contribution in [1.29, 1.82) is 0 Å². The summed E-state index contributed by atoms with van der Waals surface area (Å²) in [5.74, 6) is 0.157. The Labute approximate surface area is 196 Å². The molecule has 0 spiro atoms. The molecule has 2 aromatic carbocycles. The topological polar surface area (TPSA) is 78.0 Å². The summed E-state index contributed by atoms with van der Waals surface area (Å²) in [4.78, 5) is 36.6. The van der Waals surface area contributed by atoms with Gasteiger partial charge in [0.05, 0.1) is 23.2 Å². The molecule has 33 heavy (non-hydrogen) atoms. The van der Waals surface area contributed by atoms with E-state index < -0.39 is 5.92 Å². The molecule has 172 valence electrons. The van der Waals surface area contributed by atoms with Crippen LogP contribution in [0.4, 0.5) is 16.5 Å². The third-order valence-electron chi connectivity index (χ3n) is 6.30. The Bertz CT molecular complexity index is 1170. The number of thiazole rings is 1. The SMILES string of the molecule is COc1ccc(N2CC(C(=O)Nc3ccc4nc(N5CCN(C)CC5)sc4c3)CC2=O)cc1. The summed E-state index contributed by atoms with van der Waals surface area (Å²) in [6.07, 6.45) is 0.203. The van der Waals surface area contributed by atoms with Crippen LogP contribution in [0, 0.1) is 5.92 Å². The van der Waals surface area contributed by atoms with Crippen LogP contribution < -0.4 is 19.9 Å². The fourth-order valence-corrected chi connectivity index (χ4v) is 5.32. The maximum absolute atomic E-state index is 12.9. The molecular weight excluding hydrogens is 438 g/mol. The molecule has 1 unspecified atom stereocenters. The van der Waals surface area contributed by atoms with E-state index in [4.69, 9.17) is 9.72 Å². The predicted molar refractivity (Wildman–Crippen MR) is 131 cm³/mol. The lowest BCUT2D eigenvalue weighted by Gasteiger charge is -2.31. The van der Waals surface area contributed by atoms with Gasteiger partial charge in [-0.1, -0.05) is 11.3 Å². The second-order valence-electron chi connectivity index (χ2n) is 8.56. The molecule has 2 fully saturated rings. The number of amides is 2. The number of nitrogens with one attached hydrogen (secondary N) is 1. The number of benzene rings is 2. The van der Waals surface area contributed by atoms with Crippen molar-refractivity contribution in [2.45, 2.75) is 6.42 Å². The summed E-state index contributed by atoms with van der Waals surface area (Å²) >= 11 is 1.65. The normalized spacial score (nSPS) is 19.3. The van der Waals surface area contributed by atoms with E-state index in [0.29, 0.717) is 6.54 Å². The zero-order valence-electron chi connectivity index (χ0n) is 18.8. The molecule has 2 aliphatic heterocycles. The highest BCUT2D eigenvalue weighted by molar-refractivity contribution is 7.22. The molecular formula is C24H27N5O3S. The number of methoxy groups -OCH3 is 1. The first kappa shape index (κ1) is 21.7. The van der Waals surface area contributed by atoms with Gasteiger partial charge >= 0.3 is 0 Å². The Morgan fingerprint density at radius 3 is 2.61 bits per heavy atom. The zero-order chi connectivity index (χ0) is 22.9. The number of hydrogen-bond donors (Lipinski definition) is 1. The number of likely N-dealkylation sites (N-methyl/N-ethyl adjacent to an activating group) is 1. The summed E-state index contributed by atoms with van der Waals surface area (Å²) in [5, 5.41) is 4.03. The highest BCUT2D eigenvalue weighted by Gasteiger charge is 2.35. The van der Waals surface area contributed by atoms with Crippen LogP contribution in [-0.2, 0) is 9.59 Å². The molecule has 1 atom stereocenters. The number of fused-ring (bicyclic) bond motifs is 1. The van der Waals surface area contributed by atoms with Crippen molar-refractivity contribution in [2.24, 2.45) is 5.92 Å². The molecule has 0 saturated carbocycles. The van der Waals surface area contributed by atoms with E-state index in [2.05, 4.69) is 22.2 Å². The third-order valence-corrected chi connectivity index (χ3v) is 7.38. The Hall–Kier alpha value is -3.17. The quantitative estimate of drug-likeness (QED) is 0.624. The van der Waals surface area contributed by atoms with E-state index in [1.165, 1.54) is 0 Å². The highest BCUT2D eigenvalue weighted by Crippen LogP contribution is 2.32.